The van der Waals surface area contributed by atoms with Crippen molar-refractivity contribution in [1.82, 2.24) is 0 Å². The van der Waals surface area contributed by atoms with E-state index in [1.54, 1.807) is 6.07 Å². The van der Waals surface area contributed by atoms with Gasteiger partial charge in [-0.25, -0.2) is 4.39 Å². The first kappa shape index (κ1) is 16.8. The maximum absolute atomic E-state index is 13.3. The van der Waals surface area contributed by atoms with Crippen molar-refractivity contribution in [3.63, 3.8) is 0 Å². The van der Waals surface area contributed by atoms with Gasteiger partial charge in [0.1, 0.15) is 5.82 Å². The Morgan fingerprint density at radius 1 is 1.24 bits per heavy atom. The molecule has 1 aromatic carbocycles. The van der Waals surface area contributed by atoms with Crippen LogP contribution in [0.4, 0.5) is 4.39 Å². The van der Waals surface area contributed by atoms with E-state index in [4.69, 9.17) is 17.3 Å². The van der Waals surface area contributed by atoms with E-state index in [0.717, 1.165) is 11.5 Å². The molecule has 1 atom stereocenters. The highest BCUT2D eigenvalue weighted by atomic mass is 35.5. The SMILES string of the molecule is CC(C)(C)C1CCC(C(N)Cc2cc(F)ccc2Cl)CC1. The molecule has 1 fully saturated rings. The zero-order valence-corrected chi connectivity index (χ0v) is 14.1. The quantitative estimate of drug-likeness (QED) is 0.815. The summed E-state index contributed by atoms with van der Waals surface area (Å²) in [5, 5.41) is 0.621. The number of nitrogens with two attached hydrogens (primary N) is 1. The Morgan fingerprint density at radius 2 is 1.86 bits per heavy atom. The fourth-order valence-electron chi connectivity index (χ4n) is 3.53. The van der Waals surface area contributed by atoms with Crippen LogP contribution in [0.25, 0.3) is 0 Å². The lowest BCUT2D eigenvalue weighted by atomic mass is 9.68. The van der Waals surface area contributed by atoms with Crippen molar-refractivity contribution in [3.8, 4) is 0 Å². The summed E-state index contributed by atoms with van der Waals surface area (Å²) in [6, 6.07) is 4.61. The second-order valence-corrected chi connectivity index (χ2v) is 7.99. The molecule has 3 heteroatoms. The third kappa shape index (κ3) is 4.43. The average Bonchev–Trinajstić information content (AvgIpc) is 2.42. The molecule has 0 bridgehead atoms. The Bertz CT molecular complexity index is 473. The van der Waals surface area contributed by atoms with Gasteiger partial charge in [-0.2, -0.15) is 0 Å². The predicted octanol–water partition coefficient (Wildman–Crippen LogP) is 5.20. The molecule has 0 aliphatic heterocycles. The average molecular weight is 312 g/mol. The standard InChI is InChI=1S/C18H27ClFN/c1-18(2,3)14-6-4-12(5-7-14)17(21)11-13-10-15(20)8-9-16(13)19/h8-10,12,14,17H,4-7,11,21H2,1-3H3. The Labute approximate surface area is 133 Å². The minimum Gasteiger partial charge on any atom is -0.327 e. The second-order valence-electron chi connectivity index (χ2n) is 7.58. The molecule has 1 unspecified atom stereocenters. The zero-order chi connectivity index (χ0) is 15.6. The molecular formula is C18H27ClFN. The van der Waals surface area contributed by atoms with Gasteiger partial charge in [0.05, 0.1) is 0 Å². The molecule has 0 saturated heterocycles. The topological polar surface area (TPSA) is 26.0 Å². The number of hydrogen-bond donors (Lipinski definition) is 1. The van der Waals surface area contributed by atoms with Gasteiger partial charge in [0, 0.05) is 11.1 Å². The second kappa shape index (κ2) is 6.66. The monoisotopic (exact) mass is 311 g/mol. The van der Waals surface area contributed by atoms with Crippen LogP contribution in [0.1, 0.15) is 52.0 Å². The molecule has 0 aromatic heterocycles. The molecule has 2 N–H and O–H groups in total. The van der Waals surface area contributed by atoms with Gasteiger partial charge in [-0.3, -0.25) is 0 Å². The number of hydrogen-bond acceptors (Lipinski definition) is 1. The first-order chi connectivity index (χ1) is 9.77. The van der Waals surface area contributed by atoms with E-state index in [9.17, 15) is 4.39 Å². The highest BCUT2D eigenvalue weighted by molar-refractivity contribution is 6.31. The molecule has 1 saturated carbocycles. The van der Waals surface area contributed by atoms with E-state index in [0.29, 0.717) is 22.8 Å². The van der Waals surface area contributed by atoms with Crippen LogP contribution in [0.5, 0.6) is 0 Å². The van der Waals surface area contributed by atoms with Crippen LogP contribution in [0.3, 0.4) is 0 Å². The normalized spacial score (nSPS) is 24.9. The van der Waals surface area contributed by atoms with Gasteiger partial charge >= 0.3 is 0 Å². The molecular weight excluding hydrogens is 285 g/mol. The molecule has 118 valence electrons. The molecule has 21 heavy (non-hydrogen) atoms. The van der Waals surface area contributed by atoms with Gasteiger partial charge in [0.25, 0.3) is 0 Å². The van der Waals surface area contributed by atoms with E-state index in [-0.39, 0.29) is 11.9 Å². The minimum absolute atomic E-state index is 0.0743. The molecule has 0 heterocycles. The van der Waals surface area contributed by atoms with Gasteiger partial charge in [-0.05, 0) is 73.1 Å². The van der Waals surface area contributed by atoms with Crippen LogP contribution >= 0.6 is 11.6 Å². The first-order valence-electron chi connectivity index (χ1n) is 7.97. The van der Waals surface area contributed by atoms with Crippen molar-refractivity contribution in [2.24, 2.45) is 23.0 Å². The smallest absolute Gasteiger partial charge is 0.123 e. The molecule has 0 radical (unpaired) electrons. The van der Waals surface area contributed by atoms with Crippen LogP contribution in [0.15, 0.2) is 18.2 Å². The Balaban J connectivity index is 1.93. The zero-order valence-electron chi connectivity index (χ0n) is 13.3. The lowest BCUT2D eigenvalue weighted by Crippen LogP contribution is -2.37. The lowest BCUT2D eigenvalue weighted by Gasteiger charge is -2.38. The fraction of sp³-hybridized carbons (Fsp3) is 0.667. The summed E-state index contributed by atoms with van der Waals surface area (Å²) in [5.74, 6) is 1.08. The van der Waals surface area contributed by atoms with Crippen molar-refractivity contribution >= 4 is 11.6 Å². The van der Waals surface area contributed by atoms with Crippen LogP contribution in [-0.4, -0.2) is 6.04 Å². The summed E-state index contributed by atoms with van der Waals surface area (Å²) in [5.41, 5.74) is 7.60. The van der Waals surface area contributed by atoms with Gasteiger partial charge in [-0.15, -0.1) is 0 Å². The number of halogens is 2. The highest BCUT2D eigenvalue weighted by Crippen LogP contribution is 2.40. The molecule has 0 spiro atoms. The summed E-state index contributed by atoms with van der Waals surface area (Å²) in [4.78, 5) is 0. The van der Waals surface area contributed by atoms with Crippen LogP contribution < -0.4 is 5.73 Å². The van der Waals surface area contributed by atoms with Crippen LogP contribution in [0, 0.1) is 23.1 Å². The predicted molar refractivity (Wildman–Crippen MR) is 88.0 cm³/mol. The van der Waals surface area contributed by atoms with E-state index in [2.05, 4.69) is 20.8 Å². The lowest BCUT2D eigenvalue weighted by molar-refractivity contribution is 0.139. The maximum Gasteiger partial charge on any atom is 0.123 e. The fourth-order valence-corrected chi connectivity index (χ4v) is 3.73. The van der Waals surface area contributed by atoms with Gasteiger partial charge < -0.3 is 5.73 Å². The third-order valence-corrected chi connectivity index (χ3v) is 5.43. The summed E-state index contributed by atoms with van der Waals surface area (Å²) in [7, 11) is 0. The van der Waals surface area contributed by atoms with Crippen molar-refractivity contribution in [1.29, 1.82) is 0 Å². The van der Waals surface area contributed by atoms with Gasteiger partial charge in [-0.1, -0.05) is 32.4 Å². The molecule has 1 nitrogen and oxygen atoms in total. The first-order valence-corrected chi connectivity index (χ1v) is 8.34. The summed E-state index contributed by atoms with van der Waals surface area (Å²) >= 11 is 6.14. The Hall–Kier alpha value is -0.600. The van der Waals surface area contributed by atoms with E-state index in [1.807, 2.05) is 0 Å². The molecule has 2 rings (SSSR count). The highest BCUT2D eigenvalue weighted by Gasteiger charge is 2.31. The number of rotatable bonds is 3. The Morgan fingerprint density at radius 3 is 2.43 bits per heavy atom. The Kier molecular flexibility index (Phi) is 5.32. The summed E-state index contributed by atoms with van der Waals surface area (Å²) < 4.78 is 13.3. The molecule has 1 aliphatic rings. The summed E-state index contributed by atoms with van der Waals surface area (Å²) in [6.07, 6.45) is 5.52. The van der Waals surface area contributed by atoms with Crippen LogP contribution in [0.2, 0.25) is 5.02 Å². The molecule has 1 aromatic rings. The van der Waals surface area contributed by atoms with Gasteiger partial charge in [0.2, 0.25) is 0 Å². The van der Waals surface area contributed by atoms with Crippen molar-refractivity contribution in [2.45, 2.75) is 58.9 Å². The largest absolute Gasteiger partial charge is 0.327 e. The van der Waals surface area contributed by atoms with Crippen molar-refractivity contribution in [2.75, 3.05) is 0 Å². The summed E-state index contributed by atoms with van der Waals surface area (Å²) in [6.45, 7) is 6.97. The van der Waals surface area contributed by atoms with Crippen molar-refractivity contribution < 1.29 is 4.39 Å². The molecule has 0 amide bonds. The number of benzene rings is 1. The van der Waals surface area contributed by atoms with Crippen molar-refractivity contribution in [3.05, 3.63) is 34.6 Å². The maximum atomic E-state index is 13.3. The van der Waals surface area contributed by atoms with Crippen LogP contribution in [-0.2, 0) is 6.42 Å². The third-order valence-electron chi connectivity index (χ3n) is 5.07. The molecule has 1 aliphatic carbocycles. The van der Waals surface area contributed by atoms with E-state index in [1.165, 1.54) is 37.8 Å². The van der Waals surface area contributed by atoms with E-state index >= 15 is 0 Å². The minimum atomic E-state index is -0.238. The van der Waals surface area contributed by atoms with E-state index < -0.39 is 0 Å². The van der Waals surface area contributed by atoms with Gasteiger partial charge in [0.15, 0.2) is 0 Å².